The molecule has 1 aliphatic heterocycles. The summed E-state index contributed by atoms with van der Waals surface area (Å²) in [4.78, 5) is 27.0. The lowest BCUT2D eigenvalue weighted by molar-refractivity contribution is 0.237. The Balaban J connectivity index is 1.43. The van der Waals surface area contributed by atoms with E-state index >= 15 is 0 Å². The number of hydrogen-bond donors (Lipinski definition) is 3. The maximum atomic E-state index is 12.7. The van der Waals surface area contributed by atoms with Crippen molar-refractivity contribution in [3.8, 4) is 17.0 Å². The van der Waals surface area contributed by atoms with Gasteiger partial charge >= 0.3 is 0 Å². The summed E-state index contributed by atoms with van der Waals surface area (Å²) >= 11 is 0. The highest BCUT2D eigenvalue weighted by Crippen LogP contribution is 2.30. The number of aromatic amines is 1. The average molecular weight is 471 g/mol. The van der Waals surface area contributed by atoms with Gasteiger partial charge < -0.3 is 20.8 Å². The Bertz CT molecular complexity index is 1430. The molecule has 0 unspecified atom stereocenters. The van der Waals surface area contributed by atoms with Crippen molar-refractivity contribution in [1.82, 2.24) is 19.9 Å². The van der Waals surface area contributed by atoms with Crippen molar-refractivity contribution in [3.05, 3.63) is 70.3 Å². The minimum atomic E-state index is -0.200. The van der Waals surface area contributed by atoms with Crippen molar-refractivity contribution in [2.45, 2.75) is 26.7 Å². The van der Waals surface area contributed by atoms with Gasteiger partial charge in [-0.15, -0.1) is 0 Å². The van der Waals surface area contributed by atoms with E-state index in [1.54, 1.807) is 12.4 Å². The predicted octanol–water partition coefficient (Wildman–Crippen LogP) is 4.40. The SMILES string of the molecule is Cc1cc(Nc2nc(-c3cnc(N)c(C)c3)cc3cc[nH]c(=O)c23)ccc1OCCN1CCCC1. The fourth-order valence-corrected chi connectivity index (χ4v) is 4.49. The van der Waals surface area contributed by atoms with E-state index in [0.29, 0.717) is 29.3 Å². The van der Waals surface area contributed by atoms with E-state index in [-0.39, 0.29) is 5.56 Å². The first-order valence-corrected chi connectivity index (χ1v) is 12.0. The predicted molar refractivity (Wildman–Crippen MR) is 140 cm³/mol. The minimum Gasteiger partial charge on any atom is -0.492 e. The molecular weight excluding hydrogens is 440 g/mol. The van der Waals surface area contributed by atoms with Crippen molar-refractivity contribution in [2.75, 3.05) is 37.3 Å². The van der Waals surface area contributed by atoms with Gasteiger partial charge in [0.2, 0.25) is 0 Å². The molecule has 0 bridgehead atoms. The van der Waals surface area contributed by atoms with Crippen LogP contribution in [0.1, 0.15) is 24.0 Å². The molecule has 0 amide bonds. The summed E-state index contributed by atoms with van der Waals surface area (Å²) < 4.78 is 6.03. The number of nitrogens with zero attached hydrogens (tertiary/aromatic N) is 3. The first-order chi connectivity index (χ1) is 17.0. The van der Waals surface area contributed by atoms with Gasteiger partial charge in [0.25, 0.3) is 5.56 Å². The van der Waals surface area contributed by atoms with Crippen LogP contribution in [0.25, 0.3) is 22.0 Å². The maximum absolute atomic E-state index is 12.7. The van der Waals surface area contributed by atoms with Crippen LogP contribution in [-0.2, 0) is 0 Å². The van der Waals surface area contributed by atoms with E-state index < -0.39 is 0 Å². The number of pyridine rings is 3. The summed E-state index contributed by atoms with van der Waals surface area (Å²) in [6.07, 6.45) is 5.90. The standard InChI is InChI=1S/C27H30N6O2/c1-17-14-21(5-6-23(17)35-12-11-33-9-3-4-10-33)31-26-24-19(7-8-29-27(24)34)15-22(32-26)20-13-18(2)25(28)30-16-20/h5-8,13-16H,3-4,9-12H2,1-2H3,(H2,28,30)(H,29,34)(H,31,32). The molecule has 4 N–H and O–H groups in total. The van der Waals surface area contributed by atoms with Gasteiger partial charge in [0, 0.05) is 30.2 Å². The van der Waals surface area contributed by atoms with Crippen LogP contribution in [0.4, 0.5) is 17.3 Å². The molecule has 1 fully saturated rings. The number of H-pyrrole nitrogens is 1. The highest BCUT2D eigenvalue weighted by Gasteiger charge is 2.14. The van der Waals surface area contributed by atoms with Crippen LogP contribution in [0.5, 0.6) is 5.75 Å². The molecule has 1 saturated heterocycles. The number of rotatable bonds is 7. The number of ether oxygens (including phenoxy) is 1. The van der Waals surface area contributed by atoms with Gasteiger partial charge in [-0.3, -0.25) is 9.69 Å². The lowest BCUT2D eigenvalue weighted by Gasteiger charge is -2.17. The fourth-order valence-electron chi connectivity index (χ4n) is 4.49. The minimum absolute atomic E-state index is 0.200. The van der Waals surface area contributed by atoms with Gasteiger partial charge in [0.05, 0.1) is 11.1 Å². The van der Waals surface area contributed by atoms with Crippen LogP contribution in [0, 0.1) is 13.8 Å². The third kappa shape index (κ3) is 4.97. The number of aromatic nitrogens is 3. The molecule has 5 rings (SSSR count). The van der Waals surface area contributed by atoms with Gasteiger partial charge in [-0.25, -0.2) is 9.97 Å². The molecule has 4 heterocycles. The van der Waals surface area contributed by atoms with Gasteiger partial charge in [-0.1, -0.05) is 0 Å². The number of nitrogen functional groups attached to an aromatic ring is 1. The van der Waals surface area contributed by atoms with E-state index in [4.69, 9.17) is 15.5 Å². The molecule has 4 aromatic rings. The van der Waals surface area contributed by atoms with Crippen molar-refractivity contribution in [2.24, 2.45) is 0 Å². The lowest BCUT2D eigenvalue weighted by Crippen LogP contribution is -2.25. The topological polar surface area (TPSA) is 109 Å². The van der Waals surface area contributed by atoms with Gasteiger partial charge in [0.15, 0.2) is 0 Å². The third-order valence-electron chi connectivity index (χ3n) is 6.47. The molecular formula is C27H30N6O2. The van der Waals surface area contributed by atoms with E-state index in [9.17, 15) is 4.79 Å². The Hall–Kier alpha value is -3.91. The number of likely N-dealkylation sites (tertiary alicyclic amines) is 1. The van der Waals surface area contributed by atoms with Crippen molar-refractivity contribution < 1.29 is 4.74 Å². The Kier molecular flexibility index (Phi) is 6.37. The summed E-state index contributed by atoms with van der Waals surface area (Å²) in [5.41, 5.74) is 9.96. The van der Waals surface area contributed by atoms with Crippen molar-refractivity contribution in [1.29, 1.82) is 0 Å². The molecule has 8 nitrogen and oxygen atoms in total. The summed E-state index contributed by atoms with van der Waals surface area (Å²) in [7, 11) is 0. The normalized spacial score (nSPS) is 13.9. The lowest BCUT2D eigenvalue weighted by atomic mass is 10.1. The molecule has 3 aromatic heterocycles. The molecule has 1 aliphatic rings. The van der Waals surface area contributed by atoms with Gasteiger partial charge in [-0.05, 0) is 92.7 Å². The highest BCUT2D eigenvalue weighted by molar-refractivity contribution is 5.95. The second-order valence-corrected chi connectivity index (χ2v) is 9.06. The largest absolute Gasteiger partial charge is 0.492 e. The van der Waals surface area contributed by atoms with Crippen LogP contribution < -0.4 is 21.3 Å². The fraction of sp³-hybridized carbons (Fsp3) is 0.296. The van der Waals surface area contributed by atoms with Gasteiger partial charge in [-0.2, -0.15) is 0 Å². The molecule has 8 heteroatoms. The summed E-state index contributed by atoms with van der Waals surface area (Å²) in [6, 6.07) is 11.6. The molecule has 0 aliphatic carbocycles. The third-order valence-corrected chi connectivity index (χ3v) is 6.47. The molecule has 0 atom stereocenters. The number of anilines is 3. The monoisotopic (exact) mass is 470 g/mol. The summed E-state index contributed by atoms with van der Waals surface area (Å²) in [5.74, 6) is 1.83. The zero-order valence-electron chi connectivity index (χ0n) is 20.1. The van der Waals surface area contributed by atoms with E-state index in [1.165, 1.54) is 12.8 Å². The van der Waals surface area contributed by atoms with Crippen LogP contribution >= 0.6 is 0 Å². The second-order valence-electron chi connectivity index (χ2n) is 9.06. The average Bonchev–Trinajstić information content (AvgIpc) is 3.36. The molecule has 35 heavy (non-hydrogen) atoms. The molecule has 1 aromatic carbocycles. The second kappa shape index (κ2) is 9.76. The Morgan fingerprint density at radius 2 is 1.94 bits per heavy atom. The van der Waals surface area contributed by atoms with Crippen LogP contribution in [-0.4, -0.2) is 46.1 Å². The maximum Gasteiger partial charge on any atom is 0.259 e. The number of aryl methyl sites for hydroxylation is 2. The van der Waals surface area contributed by atoms with E-state index in [0.717, 1.165) is 53.1 Å². The number of fused-ring (bicyclic) bond motifs is 1. The van der Waals surface area contributed by atoms with Crippen LogP contribution in [0.15, 0.2) is 53.6 Å². The number of benzene rings is 1. The molecule has 0 radical (unpaired) electrons. The quantitative estimate of drug-likeness (QED) is 0.367. The van der Waals surface area contributed by atoms with Gasteiger partial charge in [0.1, 0.15) is 24.0 Å². The Labute approximate surface area is 204 Å². The number of nitrogens with one attached hydrogen (secondary N) is 2. The number of hydrogen-bond acceptors (Lipinski definition) is 7. The molecule has 180 valence electrons. The van der Waals surface area contributed by atoms with Crippen molar-refractivity contribution >= 4 is 28.1 Å². The Morgan fingerprint density at radius 1 is 1.11 bits per heavy atom. The number of nitrogens with two attached hydrogens (primary N) is 1. The van der Waals surface area contributed by atoms with E-state index in [2.05, 4.69) is 20.2 Å². The summed E-state index contributed by atoms with van der Waals surface area (Å²) in [5, 5.41) is 4.64. The zero-order chi connectivity index (χ0) is 24.4. The van der Waals surface area contributed by atoms with Crippen LogP contribution in [0.3, 0.4) is 0 Å². The van der Waals surface area contributed by atoms with Crippen LogP contribution in [0.2, 0.25) is 0 Å². The molecule has 0 spiro atoms. The van der Waals surface area contributed by atoms with Crippen molar-refractivity contribution in [3.63, 3.8) is 0 Å². The first-order valence-electron chi connectivity index (χ1n) is 12.0. The highest BCUT2D eigenvalue weighted by atomic mass is 16.5. The zero-order valence-corrected chi connectivity index (χ0v) is 20.1. The summed E-state index contributed by atoms with van der Waals surface area (Å²) in [6.45, 7) is 7.88. The van der Waals surface area contributed by atoms with E-state index in [1.807, 2.05) is 50.2 Å². The first kappa shape index (κ1) is 22.9. The molecule has 0 saturated carbocycles. The Morgan fingerprint density at radius 3 is 2.71 bits per heavy atom. The smallest absolute Gasteiger partial charge is 0.259 e.